The number of thiazole rings is 1. The average molecular weight is 299 g/mol. The zero-order valence-corrected chi connectivity index (χ0v) is 12.6. The summed E-state index contributed by atoms with van der Waals surface area (Å²) in [7, 11) is 0. The molecule has 1 atom stereocenters. The normalized spacial score (nSPS) is 12.4. The predicted octanol–water partition coefficient (Wildman–Crippen LogP) is 2.81. The van der Waals surface area contributed by atoms with E-state index in [2.05, 4.69) is 27.5 Å². The second kappa shape index (κ2) is 6.60. The number of nitrogens with one attached hydrogen (secondary N) is 1. The van der Waals surface area contributed by atoms with E-state index in [9.17, 15) is 0 Å². The summed E-state index contributed by atoms with van der Waals surface area (Å²) in [6, 6.07) is 10.1. The molecule has 0 aliphatic heterocycles. The lowest BCUT2D eigenvalue weighted by Crippen LogP contribution is -2.24. The Morgan fingerprint density at radius 1 is 1.24 bits per heavy atom. The smallest absolute Gasteiger partial charge is 0.0879 e. The van der Waals surface area contributed by atoms with Gasteiger partial charge in [0.25, 0.3) is 0 Å². The van der Waals surface area contributed by atoms with Crippen LogP contribution in [0.5, 0.6) is 0 Å². The molecule has 0 radical (unpaired) electrons. The molecular weight excluding hydrogens is 282 g/mol. The quantitative estimate of drug-likeness (QED) is 0.760. The van der Waals surface area contributed by atoms with E-state index in [1.165, 1.54) is 4.88 Å². The summed E-state index contributed by atoms with van der Waals surface area (Å²) in [5, 5.41) is 11.9. The molecule has 0 fully saturated rings. The van der Waals surface area contributed by atoms with Gasteiger partial charge < -0.3 is 5.32 Å². The first kappa shape index (κ1) is 13.9. The Hall–Kier alpha value is -2.05. The van der Waals surface area contributed by atoms with Crippen molar-refractivity contribution in [2.45, 2.75) is 19.4 Å². The number of aromatic nitrogens is 4. The molecule has 0 spiro atoms. The molecule has 2 aromatic heterocycles. The Kier molecular flexibility index (Phi) is 4.37. The number of rotatable bonds is 6. The summed E-state index contributed by atoms with van der Waals surface area (Å²) in [6.07, 6.45) is 4.79. The van der Waals surface area contributed by atoms with Crippen LogP contribution in [0.1, 0.15) is 30.0 Å². The van der Waals surface area contributed by atoms with E-state index in [1.54, 1.807) is 11.3 Å². The lowest BCUT2D eigenvalue weighted by atomic mass is 10.1. The number of nitrogens with zero attached hydrogens (tertiary/aromatic N) is 4. The Labute approximate surface area is 127 Å². The predicted molar refractivity (Wildman–Crippen MR) is 83.6 cm³/mol. The summed E-state index contributed by atoms with van der Waals surface area (Å²) < 4.78 is 1.88. The number of hydrogen-bond donors (Lipinski definition) is 1. The largest absolute Gasteiger partial charge is 0.304 e. The van der Waals surface area contributed by atoms with Crippen LogP contribution in [0.2, 0.25) is 0 Å². The molecule has 0 saturated heterocycles. The van der Waals surface area contributed by atoms with Gasteiger partial charge in [-0.2, -0.15) is 0 Å². The third-order valence-corrected chi connectivity index (χ3v) is 4.05. The molecule has 0 saturated carbocycles. The highest BCUT2D eigenvalue weighted by molar-refractivity contribution is 7.09. The van der Waals surface area contributed by atoms with Gasteiger partial charge >= 0.3 is 0 Å². The van der Waals surface area contributed by atoms with Crippen molar-refractivity contribution in [1.29, 1.82) is 0 Å². The van der Waals surface area contributed by atoms with Crippen LogP contribution >= 0.6 is 11.3 Å². The van der Waals surface area contributed by atoms with E-state index < -0.39 is 0 Å². The van der Waals surface area contributed by atoms with Gasteiger partial charge in [-0.25, -0.2) is 4.68 Å². The second-order valence-corrected chi connectivity index (χ2v) is 5.62. The number of para-hydroxylation sites is 1. The van der Waals surface area contributed by atoms with Gasteiger partial charge in [0.05, 0.1) is 29.1 Å². The summed E-state index contributed by atoms with van der Waals surface area (Å²) >= 11 is 1.64. The fraction of sp³-hybridized carbons (Fsp3) is 0.267. The molecule has 21 heavy (non-hydrogen) atoms. The van der Waals surface area contributed by atoms with Crippen LogP contribution < -0.4 is 5.32 Å². The Bertz CT molecular complexity index is 662. The van der Waals surface area contributed by atoms with Crippen molar-refractivity contribution in [3.8, 4) is 5.69 Å². The van der Waals surface area contributed by atoms with Crippen LogP contribution in [0.15, 0.2) is 48.2 Å². The molecule has 6 heteroatoms. The molecule has 0 aliphatic rings. The molecule has 2 heterocycles. The molecule has 0 bridgehead atoms. The van der Waals surface area contributed by atoms with Crippen LogP contribution in [0, 0.1) is 0 Å². The monoisotopic (exact) mass is 299 g/mol. The van der Waals surface area contributed by atoms with Crippen LogP contribution in [-0.4, -0.2) is 26.5 Å². The maximum atomic E-state index is 4.24. The summed E-state index contributed by atoms with van der Waals surface area (Å²) in [4.78, 5) is 5.36. The topological polar surface area (TPSA) is 55.6 Å². The van der Waals surface area contributed by atoms with E-state index in [-0.39, 0.29) is 6.04 Å². The van der Waals surface area contributed by atoms with E-state index in [1.807, 2.05) is 52.9 Å². The van der Waals surface area contributed by atoms with E-state index in [4.69, 9.17) is 0 Å². The van der Waals surface area contributed by atoms with Gasteiger partial charge in [-0.05, 0) is 25.1 Å². The Morgan fingerprint density at radius 2 is 2.10 bits per heavy atom. The fourth-order valence-electron chi connectivity index (χ4n) is 2.22. The third kappa shape index (κ3) is 3.01. The molecule has 3 rings (SSSR count). The van der Waals surface area contributed by atoms with Gasteiger partial charge in [-0.3, -0.25) is 4.98 Å². The van der Waals surface area contributed by atoms with Gasteiger partial charge in [0.1, 0.15) is 0 Å². The number of benzene rings is 1. The van der Waals surface area contributed by atoms with Crippen LogP contribution in [0.25, 0.3) is 5.69 Å². The van der Waals surface area contributed by atoms with Crippen molar-refractivity contribution in [2.24, 2.45) is 0 Å². The Morgan fingerprint density at radius 3 is 2.81 bits per heavy atom. The minimum Gasteiger partial charge on any atom is -0.304 e. The van der Waals surface area contributed by atoms with Crippen LogP contribution in [0.4, 0.5) is 0 Å². The Balaban J connectivity index is 1.99. The van der Waals surface area contributed by atoms with Gasteiger partial charge in [0, 0.05) is 11.1 Å². The fourth-order valence-corrected chi connectivity index (χ4v) is 2.92. The van der Waals surface area contributed by atoms with Gasteiger partial charge in [-0.1, -0.05) is 30.3 Å². The van der Waals surface area contributed by atoms with Crippen molar-refractivity contribution in [2.75, 3.05) is 6.54 Å². The van der Waals surface area contributed by atoms with Gasteiger partial charge in [0.2, 0.25) is 0 Å². The summed E-state index contributed by atoms with van der Waals surface area (Å²) in [5.41, 5.74) is 3.89. The van der Waals surface area contributed by atoms with E-state index >= 15 is 0 Å². The molecule has 0 aliphatic carbocycles. The first-order chi connectivity index (χ1) is 10.4. The molecule has 1 unspecified atom stereocenters. The average Bonchev–Trinajstić information content (AvgIpc) is 3.20. The molecule has 108 valence electrons. The third-order valence-electron chi connectivity index (χ3n) is 3.21. The van der Waals surface area contributed by atoms with Crippen LogP contribution in [0.3, 0.4) is 0 Å². The SMILES string of the molecule is CCCNC(c1cncs1)c1cnnn1-c1ccccc1. The van der Waals surface area contributed by atoms with E-state index in [0.717, 1.165) is 24.3 Å². The lowest BCUT2D eigenvalue weighted by Gasteiger charge is -2.17. The molecule has 1 N–H and O–H groups in total. The minimum absolute atomic E-state index is 0.0626. The zero-order valence-electron chi connectivity index (χ0n) is 11.8. The first-order valence-electron chi connectivity index (χ1n) is 6.98. The van der Waals surface area contributed by atoms with Crippen molar-refractivity contribution in [3.05, 3.63) is 58.8 Å². The van der Waals surface area contributed by atoms with Crippen molar-refractivity contribution in [3.63, 3.8) is 0 Å². The maximum Gasteiger partial charge on any atom is 0.0879 e. The van der Waals surface area contributed by atoms with Gasteiger partial charge in [0.15, 0.2) is 0 Å². The van der Waals surface area contributed by atoms with E-state index in [0.29, 0.717) is 0 Å². The highest BCUT2D eigenvalue weighted by Gasteiger charge is 2.20. The molecular formula is C15H17N5S. The first-order valence-corrected chi connectivity index (χ1v) is 7.86. The maximum absolute atomic E-state index is 4.24. The van der Waals surface area contributed by atoms with Crippen molar-refractivity contribution < 1.29 is 0 Å². The van der Waals surface area contributed by atoms with Crippen molar-refractivity contribution in [1.82, 2.24) is 25.3 Å². The van der Waals surface area contributed by atoms with Crippen LogP contribution in [-0.2, 0) is 0 Å². The second-order valence-electron chi connectivity index (χ2n) is 4.70. The van der Waals surface area contributed by atoms with Crippen molar-refractivity contribution >= 4 is 11.3 Å². The minimum atomic E-state index is 0.0626. The highest BCUT2D eigenvalue weighted by atomic mass is 32.1. The van der Waals surface area contributed by atoms with Gasteiger partial charge in [-0.15, -0.1) is 16.4 Å². The summed E-state index contributed by atoms with van der Waals surface area (Å²) in [6.45, 7) is 3.09. The molecule has 5 nitrogen and oxygen atoms in total. The zero-order chi connectivity index (χ0) is 14.5. The standard InChI is InChI=1S/C15H17N5S/c1-2-8-17-15(14-10-16-11-21-14)13-9-18-19-20(13)12-6-4-3-5-7-12/h3-7,9-11,15,17H,2,8H2,1H3. The molecule has 1 aromatic carbocycles. The summed E-state index contributed by atoms with van der Waals surface area (Å²) in [5.74, 6) is 0. The number of hydrogen-bond acceptors (Lipinski definition) is 5. The molecule has 3 aromatic rings. The highest BCUT2D eigenvalue weighted by Crippen LogP contribution is 2.25. The molecule has 0 amide bonds. The lowest BCUT2D eigenvalue weighted by molar-refractivity contribution is 0.575.